The van der Waals surface area contributed by atoms with Gasteiger partial charge in [0.15, 0.2) is 0 Å². The van der Waals surface area contributed by atoms with Gasteiger partial charge in [0.2, 0.25) is 0 Å². The van der Waals surface area contributed by atoms with Crippen molar-refractivity contribution in [3.8, 4) is 0 Å². The van der Waals surface area contributed by atoms with Gasteiger partial charge >= 0.3 is 5.97 Å². The lowest BCUT2D eigenvalue weighted by molar-refractivity contribution is -0.148. The Kier molecular flexibility index (Phi) is 6.32. The van der Waals surface area contributed by atoms with E-state index < -0.39 is 5.54 Å². The van der Waals surface area contributed by atoms with Crippen molar-refractivity contribution in [1.82, 2.24) is 0 Å². The van der Waals surface area contributed by atoms with Gasteiger partial charge in [0.25, 0.3) is 0 Å². The van der Waals surface area contributed by atoms with Crippen LogP contribution in [0.4, 0.5) is 5.69 Å². The molecule has 0 amide bonds. The highest BCUT2D eigenvalue weighted by Crippen LogP contribution is 2.56. The summed E-state index contributed by atoms with van der Waals surface area (Å²) in [5.74, 6) is 0.538. The van der Waals surface area contributed by atoms with Crippen LogP contribution >= 0.6 is 11.6 Å². The molecule has 31 heavy (non-hydrogen) atoms. The largest absolute Gasteiger partial charge is 0.467 e. The molecule has 2 aliphatic carbocycles. The third-order valence-electron chi connectivity index (χ3n) is 7.58. The van der Waals surface area contributed by atoms with E-state index in [1.165, 1.54) is 18.2 Å². The molecule has 2 aliphatic rings. The van der Waals surface area contributed by atoms with Gasteiger partial charge in [-0.05, 0) is 85.1 Å². The molecular weight excluding hydrogens is 410 g/mol. The molecule has 0 aromatic heterocycles. The van der Waals surface area contributed by atoms with E-state index in [2.05, 4.69) is 36.5 Å². The number of carbonyl (C=O) groups excluding carboxylic acids is 1. The van der Waals surface area contributed by atoms with Crippen LogP contribution in [-0.4, -0.2) is 30.3 Å². The third kappa shape index (κ3) is 4.08. The summed E-state index contributed by atoms with van der Waals surface area (Å²) in [6.07, 6.45) is 5.27. The number of methoxy groups -OCH3 is 1. The fourth-order valence-electron chi connectivity index (χ4n) is 5.95. The Morgan fingerprint density at radius 2 is 1.94 bits per heavy atom. The molecular formula is C26H32ClNO3. The van der Waals surface area contributed by atoms with E-state index in [1.807, 2.05) is 24.3 Å². The molecule has 0 heterocycles. The maximum atomic E-state index is 13.0. The number of nitrogens with one attached hydrogen (secondary N) is 1. The maximum Gasteiger partial charge on any atom is 0.331 e. The smallest absolute Gasteiger partial charge is 0.331 e. The number of anilines is 1. The van der Waals surface area contributed by atoms with Gasteiger partial charge in [-0.2, -0.15) is 0 Å². The Labute approximate surface area is 190 Å². The highest BCUT2D eigenvalue weighted by Gasteiger charge is 2.54. The molecule has 1 fully saturated rings. The van der Waals surface area contributed by atoms with E-state index in [-0.39, 0.29) is 23.9 Å². The number of rotatable bonds is 6. The molecule has 2 N–H and O–H groups in total. The molecule has 4 rings (SSSR count). The van der Waals surface area contributed by atoms with Crippen molar-refractivity contribution in [2.75, 3.05) is 19.0 Å². The zero-order valence-corrected chi connectivity index (χ0v) is 19.1. The van der Waals surface area contributed by atoms with Crippen LogP contribution in [-0.2, 0) is 21.4 Å². The summed E-state index contributed by atoms with van der Waals surface area (Å²) in [7, 11) is 1.46. The lowest BCUT2D eigenvalue weighted by Gasteiger charge is -2.47. The minimum Gasteiger partial charge on any atom is -0.467 e. The van der Waals surface area contributed by atoms with Crippen LogP contribution in [0.15, 0.2) is 48.5 Å². The highest BCUT2D eigenvalue weighted by molar-refractivity contribution is 6.30. The first kappa shape index (κ1) is 22.2. The SMILES string of the molecule is COC(=O)C1(Nc2cccc(Cl)c2)CCC2(CC1)c1ccccc1CC2C[C@H](C)CO. The Morgan fingerprint density at radius 3 is 2.61 bits per heavy atom. The molecule has 2 aromatic carbocycles. The highest BCUT2D eigenvalue weighted by atomic mass is 35.5. The van der Waals surface area contributed by atoms with Crippen molar-refractivity contribution in [3.63, 3.8) is 0 Å². The Hall–Kier alpha value is -2.04. The van der Waals surface area contributed by atoms with Crippen LogP contribution in [0.2, 0.25) is 5.02 Å². The van der Waals surface area contributed by atoms with Crippen LogP contribution < -0.4 is 5.32 Å². The second-order valence-corrected chi connectivity index (χ2v) is 9.88. The van der Waals surface area contributed by atoms with Gasteiger partial charge in [0, 0.05) is 17.3 Å². The van der Waals surface area contributed by atoms with Crippen molar-refractivity contribution >= 4 is 23.3 Å². The fourth-order valence-corrected chi connectivity index (χ4v) is 6.14. The number of carbonyl (C=O) groups is 1. The molecule has 1 spiro atoms. The van der Waals surface area contributed by atoms with Gasteiger partial charge < -0.3 is 15.2 Å². The fraction of sp³-hybridized carbons (Fsp3) is 0.500. The van der Waals surface area contributed by atoms with Crippen LogP contribution in [0.3, 0.4) is 0 Å². The standard InChI is InChI=1S/C26H32ClNO3/c1-18(17-29)14-20-15-19-6-3-4-9-23(19)25(20)10-12-26(13-11-25,24(30)31-2)28-22-8-5-7-21(27)16-22/h3-9,16,18,20,28-29H,10-15,17H2,1-2H3/t18-,20?,25?,26?/m0/s1. The second kappa shape index (κ2) is 8.84. The first-order valence-electron chi connectivity index (χ1n) is 11.2. The molecule has 166 valence electrons. The zero-order chi connectivity index (χ0) is 22.1. The van der Waals surface area contributed by atoms with E-state index in [9.17, 15) is 9.90 Å². The van der Waals surface area contributed by atoms with E-state index in [1.54, 1.807) is 0 Å². The first-order chi connectivity index (χ1) is 14.9. The van der Waals surface area contributed by atoms with Gasteiger partial charge in [0.05, 0.1) is 7.11 Å². The topological polar surface area (TPSA) is 58.6 Å². The summed E-state index contributed by atoms with van der Waals surface area (Å²) in [5, 5.41) is 13.8. The van der Waals surface area contributed by atoms with Gasteiger partial charge in [-0.15, -0.1) is 0 Å². The number of hydrogen-bond donors (Lipinski definition) is 2. The summed E-state index contributed by atoms with van der Waals surface area (Å²) in [6.45, 7) is 2.34. The number of esters is 1. The molecule has 1 unspecified atom stereocenters. The zero-order valence-electron chi connectivity index (χ0n) is 18.4. The van der Waals surface area contributed by atoms with Gasteiger partial charge in [-0.1, -0.05) is 48.9 Å². The summed E-state index contributed by atoms with van der Waals surface area (Å²) in [5.41, 5.74) is 2.99. The molecule has 5 heteroatoms. The Balaban J connectivity index is 1.64. The predicted octanol–water partition coefficient (Wildman–Crippen LogP) is 5.37. The molecule has 0 radical (unpaired) electrons. The maximum absolute atomic E-state index is 13.0. The molecule has 0 saturated heterocycles. The lowest BCUT2D eigenvalue weighted by atomic mass is 9.59. The predicted molar refractivity (Wildman–Crippen MR) is 124 cm³/mol. The van der Waals surface area contributed by atoms with Crippen molar-refractivity contribution in [2.24, 2.45) is 11.8 Å². The van der Waals surface area contributed by atoms with E-state index in [4.69, 9.17) is 16.3 Å². The molecule has 4 nitrogen and oxygen atoms in total. The van der Waals surface area contributed by atoms with Crippen molar-refractivity contribution < 1.29 is 14.6 Å². The van der Waals surface area contributed by atoms with Gasteiger partial charge in [-0.25, -0.2) is 4.79 Å². The monoisotopic (exact) mass is 441 g/mol. The van der Waals surface area contributed by atoms with Crippen LogP contribution in [0.1, 0.15) is 50.2 Å². The van der Waals surface area contributed by atoms with Crippen molar-refractivity contribution in [3.05, 3.63) is 64.7 Å². The van der Waals surface area contributed by atoms with E-state index >= 15 is 0 Å². The summed E-state index contributed by atoms with van der Waals surface area (Å²) in [6, 6.07) is 16.3. The molecule has 2 atom stereocenters. The minimum absolute atomic E-state index is 0.0492. The Bertz CT molecular complexity index is 936. The summed E-state index contributed by atoms with van der Waals surface area (Å²) >= 11 is 6.18. The van der Waals surface area contributed by atoms with E-state index in [0.717, 1.165) is 31.4 Å². The van der Waals surface area contributed by atoms with Crippen LogP contribution in [0, 0.1) is 11.8 Å². The van der Waals surface area contributed by atoms with E-state index in [0.29, 0.717) is 23.8 Å². The number of fused-ring (bicyclic) bond motifs is 2. The third-order valence-corrected chi connectivity index (χ3v) is 7.82. The van der Waals surface area contributed by atoms with Gasteiger partial charge in [0.1, 0.15) is 5.54 Å². The van der Waals surface area contributed by atoms with Crippen LogP contribution in [0.25, 0.3) is 0 Å². The first-order valence-corrected chi connectivity index (χ1v) is 11.6. The summed E-state index contributed by atoms with van der Waals surface area (Å²) < 4.78 is 5.26. The average Bonchev–Trinajstić information content (AvgIpc) is 3.07. The lowest BCUT2D eigenvalue weighted by Crippen LogP contribution is -2.53. The quantitative estimate of drug-likeness (QED) is 0.592. The number of ether oxygens (including phenoxy) is 1. The number of aliphatic hydroxyl groups excluding tert-OH is 1. The molecule has 2 aromatic rings. The molecule has 1 saturated carbocycles. The normalized spacial score (nSPS) is 28.2. The summed E-state index contributed by atoms with van der Waals surface area (Å²) in [4.78, 5) is 13.0. The minimum atomic E-state index is -0.755. The molecule has 0 bridgehead atoms. The number of halogens is 1. The average molecular weight is 442 g/mol. The molecule has 0 aliphatic heterocycles. The number of benzene rings is 2. The van der Waals surface area contributed by atoms with Crippen LogP contribution in [0.5, 0.6) is 0 Å². The number of aliphatic hydroxyl groups is 1. The van der Waals surface area contributed by atoms with Crippen molar-refractivity contribution in [1.29, 1.82) is 0 Å². The number of hydrogen-bond acceptors (Lipinski definition) is 4. The van der Waals surface area contributed by atoms with Crippen molar-refractivity contribution in [2.45, 2.75) is 56.4 Å². The Morgan fingerprint density at radius 1 is 1.19 bits per heavy atom. The second-order valence-electron chi connectivity index (χ2n) is 9.45. The van der Waals surface area contributed by atoms with Gasteiger partial charge in [-0.3, -0.25) is 0 Å².